The minimum absolute atomic E-state index is 0.0645. The third-order valence-corrected chi connectivity index (χ3v) is 21.6. The van der Waals surface area contributed by atoms with E-state index < -0.39 is 29.5 Å². The Morgan fingerprint density at radius 2 is 1.19 bits per heavy atom. The Labute approximate surface area is 195 Å². The molecule has 0 spiro atoms. The van der Waals surface area contributed by atoms with Gasteiger partial charge in [0.1, 0.15) is 0 Å². The second kappa shape index (κ2) is 13.5. The van der Waals surface area contributed by atoms with Crippen molar-refractivity contribution in [3.05, 3.63) is 58.6 Å². The molecule has 174 valence electrons. The van der Waals surface area contributed by atoms with E-state index in [-0.39, 0.29) is 11.4 Å². The Morgan fingerprint density at radius 3 is 1.56 bits per heavy atom. The first-order valence-electron chi connectivity index (χ1n) is 11.7. The molecular formula is C25H35NO5Sn. The van der Waals surface area contributed by atoms with Gasteiger partial charge in [0.2, 0.25) is 0 Å². The van der Waals surface area contributed by atoms with E-state index >= 15 is 0 Å². The van der Waals surface area contributed by atoms with Crippen LogP contribution in [0.15, 0.2) is 48.5 Å². The van der Waals surface area contributed by atoms with Crippen molar-refractivity contribution in [2.24, 2.45) is 0 Å². The molecule has 0 N–H and O–H groups in total. The van der Waals surface area contributed by atoms with E-state index in [1.165, 1.54) is 79.7 Å². The van der Waals surface area contributed by atoms with Gasteiger partial charge in [0.15, 0.2) is 0 Å². The van der Waals surface area contributed by atoms with Crippen LogP contribution in [0.4, 0.5) is 10.5 Å². The molecule has 0 aliphatic carbocycles. The van der Waals surface area contributed by atoms with E-state index in [2.05, 4.69) is 32.9 Å². The molecule has 6 nitrogen and oxygen atoms in total. The zero-order valence-corrected chi connectivity index (χ0v) is 22.3. The molecule has 0 heterocycles. The van der Waals surface area contributed by atoms with Gasteiger partial charge in [-0.3, -0.25) is 10.1 Å². The Bertz CT molecular complexity index is 830. The summed E-state index contributed by atoms with van der Waals surface area (Å²) in [6.07, 6.45) is 6.71. The van der Waals surface area contributed by atoms with E-state index in [0.717, 1.165) is 0 Å². The van der Waals surface area contributed by atoms with Crippen LogP contribution >= 0.6 is 0 Å². The number of rotatable bonds is 13. The van der Waals surface area contributed by atoms with Crippen LogP contribution in [0.5, 0.6) is 11.5 Å². The number of nitro benzene ring substituents is 1. The summed E-state index contributed by atoms with van der Waals surface area (Å²) in [4.78, 5) is 22.4. The van der Waals surface area contributed by atoms with Crippen LogP contribution < -0.4 is 13.1 Å². The molecule has 7 heteroatoms. The molecule has 0 bridgehead atoms. The van der Waals surface area contributed by atoms with Crippen molar-refractivity contribution in [1.82, 2.24) is 0 Å². The summed E-state index contributed by atoms with van der Waals surface area (Å²) >= 11 is -2.50. The Morgan fingerprint density at radius 1 is 0.781 bits per heavy atom. The standard InChI is InChI=1S/C13H8NO5.3C4H9.Sn/c15-13(18-11-4-2-1-3-5-11)19-12-8-6-10(7-9-12)14(16)17;3*1-3-4-2;/h2-9H;3*1,3-4H2,2H3;. The van der Waals surface area contributed by atoms with Gasteiger partial charge < -0.3 is 0 Å². The van der Waals surface area contributed by atoms with Crippen molar-refractivity contribution in [3.8, 4) is 11.5 Å². The van der Waals surface area contributed by atoms with E-state index in [9.17, 15) is 14.9 Å². The number of benzene rings is 2. The normalized spacial score (nSPS) is 11.2. The second-order valence-electron chi connectivity index (χ2n) is 8.32. The van der Waals surface area contributed by atoms with E-state index in [1.807, 2.05) is 12.1 Å². The number of ether oxygens (including phenoxy) is 2. The van der Waals surface area contributed by atoms with Crippen molar-refractivity contribution in [3.63, 3.8) is 0 Å². The molecule has 0 saturated heterocycles. The quantitative estimate of drug-likeness (QED) is 0.0868. The summed E-state index contributed by atoms with van der Waals surface area (Å²) < 4.78 is 16.1. The average Bonchev–Trinajstić information content (AvgIpc) is 2.80. The molecule has 2 aromatic carbocycles. The summed E-state index contributed by atoms with van der Waals surface area (Å²) in [5.74, 6) is 0.647. The summed E-state index contributed by atoms with van der Waals surface area (Å²) in [5.41, 5.74) is -0.0645. The monoisotopic (exact) mass is 549 g/mol. The Balaban J connectivity index is 2.10. The molecule has 0 aliphatic heterocycles. The molecule has 0 amide bonds. The van der Waals surface area contributed by atoms with Crippen LogP contribution in [0.3, 0.4) is 0 Å². The fourth-order valence-corrected chi connectivity index (χ4v) is 20.0. The molecule has 2 rings (SSSR count). The van der Waals surface area contributed by atoms with E-state index in [1.54, 1.807) is 0 Å². The molecule has 2 aromatic rings. The van der Waals surface area contributed by atoms with Gasteiger partial charge in [-0.2, -0.15) is 0 Å². The maximum absolute atomic E-state index is 12.1. The van der Waals surface area contributed by atoms with Crippen LogP contribution in [0.25, 0.3) is 0 Å². The van der Waals surface area contributed by atoms with Gasteiger partial charge in [-0.1, -0.05) is 0 Å². The van der Waals surface area contributed by atoms with Crippen LogP contribution in [-0.4, -0.2) is 29.5 Å². The van der Waals surface area contributed by atoms with Gasteiger partial charge in [0, 0.05) is 0 Å². The molecule has 0 aliphatic rings. The Hall–Kier alpha value is -2.09. The van der Waals surface area contributed by atoms with Crippen molar-refractivity contribution < 1.29 is 19.2 Å². The van der Waals surface area contributed by atoms with Gasteiger partial charge in [-0.05, 0) is 0 Å². The van der Waals surface area contributed by atoms with Crippen molar-refractivity contribution in [2.45, 2.75) is 72.6 Å². The molecule has 0 atom stereocenters. The summed E-state index contributed by atoms with van der Waals surface area (Å²) in [6, 6.07) is 13.4. The SMILES string of the molecule is CCC[CH2][Sn]([CH2]CCC)([CH2]CCC)[c]1ccc(OC(=O)Oc2ccc([N+](=O)[O-])cc2)cc1. The second-order valence-corrected chi connectivity index (χ2v) is 21.6. The van der Waals surface area contributed by atoms with Gasteiger partial charge in [0.05, 0.1) is 0 Å². The van der Waals surface area contributed by atoms with E-state index in [0.29, 0.717) is 5.75 Å². The number of non-ortho nitro benzene ring substituents is 1. The number of nitrogens with zero attached hydrogens (tertiary/aromatic N) is 1. The molecule has 32 heavy (non-hydrogen) atoms. The summed E-state index contributed by atoms with van der Waals surface area (Å²) in [6.45, 7) is 6.80. The van der Waals surface area contributed by atoms with Crippen LogP contribution in [0, 0.1) is 10.1 Å². The number of hydrogen-bond donors (Lipinski definition) is 0. The number of carbonyl (C=O) groups is 1. The first-order chi connectivity index (χ1) is 15.4. The third kappa shape index (κ3) is 7.80. The van der Waals surface area contributed by atoms with Crippen molar-refractivity contribution >= 4 is 33.8 Å². The van der Waals surface area contributed by atoms with Gasteiger partial charge in [-0.15, -0.1) is 0 Å². The summed E-state index contributed by atoms with van der Waals surface area (Å²) in [5, 5.41) is 10.7. The molecule has 0 unspecified atom stereocenters. The van der Waals surface area contributed by atoms with Crippen molar-refractivity contribution in [1.29, 1.82) is 0 Å². The number of carbonyl (C=O) groups excluding carboxylic acids is 1. The average molecular weight is 548 g/mol. The molecule has 0 saturated carbocycles. The fourth-order valence-electron chi connectivity index (χ4n) is 4.08. The van der Waals surface area contributed by atoms with Crippen LogP contribution in [0.2, 0.25) is 13.3 Å². The van der Waals surface area contributed by atoms with Crippen LogP contribution in [-0.2, 0) is 0 Å². The molecular weight excluding hydrogens is 513 g/mol. The Kier molecular flexibility index (Phi) is 11.0. The predicted octanol–water partition coefficient (Wildman–Crippen LogP) is 7.23. The van der Waals surface area contributed by atoms with Gasteiger partial charge in [-0.25, -0.2) is 0 Å². The topological polar surface area (TPSA) is 78.7 Å². The molecule has 0 radical (unpaired) electrons. The molecule has 0 fully saturated rings. The minimum atomic E-state index is -2.50. The van der Waals surface area contributed by atoms with Crippen LogP contribution in [0.1, 0.15) is 59.3 Å². The van der Waals surface area contributed by atoms with E-state index in [4.69, 9.17) is 9.47 Å². The number of nitro groups is 1. The first kappa shape index (κ1) is 26.2. The third-order valence-electron chi connectivity index (χ3n) is 5.94. The van der Waals surface area contributed by atoms with Crippen molar-refractivity contribution in [2.75, 3.05) is 0 Å². The number of hydrogen-bond acceptors (Lipinski definition) is 5. The zero-order valence-electron chi connectivity index (χ0n) is 19.5. The zero-order chi connectivity index (χ0) is 23.4. The summed E-state index contributed by atoms with van der Waals surface area (Å²) in [7, 11) is 0. The first-order valence-corrected chi connectivity index (χ1v) is 19.2. The van der Waals surface area contributed by atoms with Gasteiger partial charge in [0.25, 0.3) is 0 Å². The maximum atomic E-state index is 12.1. The fraction of sp³-hybridized carbons (Fsp3) is 0.480. The number of unbranched alkanes of at least 4 members (excludes halogenated alkanes) is 3. The predicted molar refractivity (Wildman–Crippen MR) is 131 cm³/mol. The molecule has 0 aromatic heterocycles. The van der Waals surface area contributed by atoms with Gasteiger partial charge >= 0.3 is 186 Å².